The van der Waals surface area contributed by atoms with Crippen LogP contribution >= 0.6 is 11.6 Å². The highest BCUT2D eigenvalue weighted by Crippen LogP contribution is 2.22. The molecule has 0 radical (unpaired) electrons. The van der Waals surface area contributed by atoms with E-state index in [1.54, 1.807) is 51.1 Å². The number of amides is 2. The maximum absolute atomic E-state index is 12.2. The molecule has 29 heavy (non-hydrogen) atoms. The van der Waals surface area contributed by atoms with E-state index in [-0.39, 0.29) is 5.56 Å². The topological polar surface area (TPSA) is 93.7 Å². The van der Waals surface area contributed by atoms with Gasteiger partial charge in [-0.05, 0) is 63.6 Å². The van der Waals surface area contributed by atoms with Crippen LogP contribution in [0.5, 0.6) is 0 Å². The van der Waals surface area contributed by atoms with E-state index in [1.165, 1.54) is 12.1 Å². The maximum atomic E-state index is 12.2. The van der Waals surface area contributed by atoms with Gasteiger partial charge in [0.15, 0.2) is 6.61 Å². The Kier molecular flexibility index (Phi) is 7.23. The zero-order valence-electron chi connectivity index (χ0n) is 16.7. The lowest BCUT2D eigenvalue weighted by Crippen LogP contribution is -2.27. The monoisotopic (exact) mass is 418 g/mol. The summed E-state index contributed by atoms with van der Waals surface area (Å²) in [7, 11) is 0. The number of carbonyl (C=O) groups excluding carboxylic acids is 3. The van der Waals surface area contributed by atoms with Crippen molar-refractivity contribution in [2.45, 2.75) is 33.3 Å². The van der Waals surface area contributed by atoms with Crippen molar-refractivity contribution >= 4 is 40.9 Å². The number of carbonyl (C=O) groups is 3. The van der Waals surface area contributed by atoms with Crippen LogP contribution in [0.3, 0.4) is 0 Å². The van der Waals surface area contributed by atoms with Crippen molar-refractivity contribution < 1.29 is 23.9 Å². The Bertz CT molecular complexity index is 922. The molecule has 0 saturated heterocycles. The molecule has 2 amide bonds. The van der Waals surface area contributed by atoms with Gasteiger partial charge in [-0.1, -0.05) is 23.7 Å². The molecular formula is C21H23ClN2O5. The normalized spacial score (nSPS) is 10.8. The molecule has 0 spiro atoms. The number of rotatable bonds is 5. The largest absolute Gasteiger partial charge is 0.452 e. The lowest BCUT2D eigenvalue weighted by atomic mass is 10.2. The molecule has 2 aromatic rings. The van der Waals surface area contributed by atoms with E-state index in [0.29, 0.717) is 16.4 Å². The van der Waals surface area contributed by atoms with Gasteiger partial charge in [0.25, 0.3) is 5.91 Å². The lowest BCUT2D eigenvalue weighted by molar-refractivity contribution is -0.119. The second-order valence-electron chi connectivity index (χ2n) is 7.32. The maximum Gasteiger partial charge on any atom is 0.412 e. The van der Waals surface area contributed by atoms with E-state index in [0.717, 1.165) is 5.56 Å². The Balaban J connectivity index is 1.92. The Morgan fingerprint density at radius 2 is 1.76 bits per heavy atom. The third kappa shape index (κ3) is 7.46. The van der Waals surface area contributed by atoms with Gasteiger partial charge in [-0.15, -0.1) is 0 Å². The number of hydrogen-bond donors (Lipinski definition) is 2. The Morgan fingerprint density at radius 3 is 2.41 bits per heavy atom. The molecule has 2 aromatic carbocycles. The number of benzene rings is 2. The summed E-state index contributed by atoms with van der Waals surface area (Å²) < 4.78 is 10.2. The van der Waals surface area contributed by atoms with Gasteiger partial charge in [-0.25, -0.2) is 9.59 Å². The van der Waals surface area contributed by atoms with Crippen LogP contribution in [0.2, 0.25) is 5.02 Å². The van der Waals surface area contributed by atoms with Gasteiger partial charge in [0, 0.05) is 5.69 Å². The summed E-state index contributed by atoms with van der Waals surface area (Å²) in [5, 5.41) is 5.51. The molecule has 0 aliphatic carbocycles. The van der Waals surface area contributed by atoms with Gasteiger partial charge >= 0.3 is 12.1 Å². The highest BCUT2D eigenvalue weighted by molar-refractivity contribution is 6.33. The van der Waals surface area contributed by atoms with Crippen LogP contribution in [-0.4, -0.2) is 30.2 Å². The quantitative estimate of drug-likeness (QED) is 0.681. The molecule has 0 fully saturated rings. The van der Waals surface area contributed by atoms with Crippen LogP contribution in [0.15, 0.2) is 42.5 Å². The van der Waals surface area contributed by atoms with E-state index >= 15 is 0 Å². The van der Waals surface area contributed by atoms with Gasteiger partial charge in [0.05, 0.1) is 16.3 Å². The molecule has 8 heteroatoms. The number of halogens is 1. The zero-order valence-corrected chi connectivity index (χ0v) is 17.4. The first-order chi connectivity index (χ1) is 13.5. The Morgan fingerprint density at radius 1 is 1.03 bits per heavy atom. The molecular weight excluding hydrogens is 396 g/mol. The van der Waals surface area contributed by atoms with E-state index < -0.39 is 30.2 Å². The number of ether oxygens (including phenoxy) is 2. The second kappa shape index (κ2) is 9.43. The third-order valence-corrected chi connectivity index (χ3v) is 3.79. The molecule has 2 rings (SSSR count). The van der Waals surface area contributed by atoms with E-state index in [1.807, 2.05) is 6.92 Å². The molecule has 2 N–H and O–H groups in total. The first kappa shape index (κ1) is 22.2. The molecule has 0 aliphatic heterocycles. The van der Waals surface area contributed by atoms with E-state index in [9.17, 15) is 14.4 Å². The van der Waals surface area contributed by atoms with Crippen LogP contribution in [0.1, 0.15) is 36.7 Å². The fourth-order valence-electron chi connectivity index (χ4n) is 2.27. The standard InChI is InChI=1S/C21H23ClN2O5/c1-13-8-9-17(16(22)10-13)24-18(25)12-28-19(26)14-6-5-7-15(11-14)23-20(27)29-21(2,3)4/h5-11H,12H2,1-4H3,(H,23,27)(H,24,25). The van der Waals surface area contributed by atoms with E-state index in [4.69, 9.17) is 21.1 Å². The van der Waals surface area contributed by atoms with Gasteiger partial charge in [-0.2, -0.15) is 0 Å². The number of nitrogens with one attached hydrogen (secondary N) is 2. The predicted molar refractivity (Wildman–Crippen MR) is 111 cm³/mol. The third-order valence-electron chi connectivity index (χ3n) is 3.48. The summed E-state index contributed by atoms with van der Waals surface area (Å²) in [5.74, 6) is -1.23. The lowest BCUT2D eigenvalue weighted by Gasteiger charge is -2.19. The van der Waals surface area contributed by atoms with Gasteiger partial charge in [0.1, 0.15) is 5.60 Å². The summed E-state index contributed by atoms with van der Waals surface area (Å²) in [6.07, 6.45) is -0.641. The Labute approximate surface area is 174 Å². The molecule has 0 atom stereocenters. The molecule has 0 aliphatic rings. The highest BCUT2D eigenvalue weighted by atomic mass is 35.5. The molecule has 0 heterocycles. The van der Waals surface area contributed by atoms with Crippen molar-refractivity contribution in [1.29, 1.82) is 0 Å². The first-order valence-electron chi connectivity index (χ1n) is 8.87. The van der Waals surface area contributed by atoms with E-state index in [2.05, 4.69) is 10.6 Å². The number of aryl methyl sites for hydroxylation is 1. The fourth-order valence-corrected chi connectivity index (χ4v) is 2.55. The van der Waals surface area contributed by atoms with Crippen molar-refractivity contribution in [3.05, 3.63) is 58.6 Å². The molecule has 0 aromatic heterocycles. The molecule has 0 unspecified atom stereocenters. The SMILES string of the molecule is Cc1ccc(NC(=O)COC(=O)c2cccc(NC(=O)OC(C)(C)C)c2)c(Cl)c1. The van der Waals surface area contributed by atoms with Crippen molar-refractivity contribution in [3.8, 4) is 0 Å². The minimum absolute atomic E-state index is 0.180. The minimum Gasteiger partial charge on any atom is -0.452 e. The van der Waals surface area contributed by atoms with Crippen LogP contribution < -0.4 is 10.6 Å². The van der Waals surface area contributed by atoms with Crippen LogP contribution in [0.25, 0.3) is 0 Å². The molecule has 0 bridgehead atoms. The number of anilines is 2. The first-order valence-corrected chi connectivity index (χ1v) is 9.24. The van der Waals surface area contributed by atoms with Crippen molar-refractivity contribution in [2.75, 3.05) is 17.2 Å². The number of hydrogen-bond acceptors (Lipinski definition) is 5. The minimum atomic E-state index is -0.706. The van der Waals surface area contributed by atoms with Crippen LogP contribution in [0, 0.1) is 6.92 Å². The highest BCUT2D eigenvalue weighted by Gasteiger charge is 2.17. The summed E-state index contributed by atoms with van der Waals surface area (Å²) >= 11 is 6.06. The van der Waals surface area contributed by atoms with Crippen LogP contribution in [-0.2, 0) is 14.3 Å². The van der Waals surface area contributed by atoms with Gasteiger partial charge < -0.3 is 14.8 Å². The van der Waals surface area contributed by atoms with Crippen LogP contribution in [0.4, 0.5) is 16.2 Å². The average molecular weight is 419 g/mol. The van der Waals surface area contributed by atoms with Crippen molar-refractivity contribution in [1.82, 2.24) is 0 Å². The molecule has 154 valence electrons. The van der Waals surface area contributed by atoms with Crippen molar-refractivity contribution in [3.63, 3.8) is 0 Å². The Hall–Kier alpha value is -3.06. The fraction of sp³-hybridized carbons (Fsp3) is 0.286. The average Bonchev–Trinajstić information content (AvgIpc) is 2.60. The summed E-state index contributed by atoms with van der Waals surface area (Å²) in [6.45, 7) is 6.64. The predicted octanol–water partition coefficient (Wildman–Crippen LogP) is 4.79. The second-order valence-corrected chi connectivity index (χ2v) is 7.72. The molecule has 0 saturated carbocycles. The summed E-state index contributed by atoms with van der Waals surface area (Å²) in [6, 6.07) is 11.3. The summed E-state index contributed by atoms with van der Waals surface area (Å²) in [5.41, 5.74) is 1.29. The van der Waals surface area contributed by atoms with Gasteiger partial charge in [-0.3, -0.25) is 10.1 Å². The van der Waals surface area contributed by atoms with Gasteiger partial charge in [0.2, 0.25) is 0 Å². The van der Waals surface area contributed by atoms with Crippen molar-refractivity contribution in [2.24, 2.45) is 0 Å². The zero-order chi connectivity index (χ0) is 21.6. The smallest absolute Gasteiger partial charge is 0.412 e. The molecule has 7 nitrogen and oxygen atoms in total. The number of esters is 1. The summed E-state index contributed by atoms with van der Waals surface area (Å²) in [4.78, 5) is 36.1.